The monoisotopic (exact) mass is 313 g/mol. The van der Waals surface area contributed by atoms with Crippen molar-refractivity contribution in [3.8, 4) is 11.5 Å². The van der Waals surface area contributed by atoms with Crippen LogP contribution < -0.4 is 9.64 Å². The van der Waals surface area contributed by atoms with Gasteiger partial charge in [-0.15, -0.1) is 0 Å². The smallest absolute Gasteiger partial charge is 0.143 e. The van der Waals surface area contributed by atoms with Crippen molar-refractivity contribution in [3.63, 3.8) is 0 Å². The molecule has 1 N–H and O–H groups in total. The standard InChI is InChI=1S/C19H20FNO2/c1-13(2)11-21-12-17(9-14-3-5-15(20)6-4-14)23-19-8-7-16(22)10-18(19)21/h3-8,10,17,22H,1,9,11-12H2,2H3. The Kier molecular flexibility index (Phi) is 4.24. The lowest BCUT2D eigenvalue weighted by molar-refractivity contribution is 0.194. The lowest BCUT2D eigenvalue weighted by Crippen LogP contribution is -2.41. The number of benzene rings is 2. The minimum absolute atomic E-state index is 0.0307. The Hall–Kier alpha value is -2.49. The summed E-state index contributed by atoms with van der Waals surface area (Å²) >= 11 is 0. The van der Waals surface area contributed by atoms with Gasteiger partial charge in [-0.05, 0) is 36.8 Å². The predicted molar refractivity (Wildman–Crippen MR) is 89.7 cm³/mol. The van der Waals surface area contributed by atoms with Gasteiger partial charge in [-0.25, -0.2) is 4.39 Å². The van der Waals surface area contributed by atoms with Crippen LogP contribution in [0.15, 0.2) is 54.6 Å². The van der Waals surface area contributed by atoms with Crippen molar-refractivity contribution in [2.75, 3.05) is 18.0 Å². The van der Waals surface area contributed by atoms with Crippen molar-refractivity contribution < 1.29 is 14.2 Å². The highest BCUT2D eigenvalue weighted by atomic mass is 19.1. The van der Waals surface area contributed by atoms with E-state index >= 15 is 0 Å². The van der Waals surface area contributed by atoms with Gasteiger partial charge in [0.15, 0.2) is 0 Å². The van der Waals surface area contributed by atoms with Gasteiger partial charge in [-0.3, -0.25) is 0 Å². The summed E-state index contributed by atoms with van der Waals surface area (Å²) in [6.07, 6.45) is 0.671. The zero-order valence-corrected chi connectivity index (χ0v) is 13.1. The largest absolute Gasteiger partial charge is 0.508 e. The van der Waals surface area contributed by atoms with Gasteiger partial charge in [0, 0.05) is 19.0 Å². The second-order valence-corrected chi connectivity index (χ2v) is 6.06. The molecule has 0 saturated carbocycles. The predicted octanol–water partition coefficient (Wildman–Crippen LogP) is 3.92. The number of hydrogen-bond donors (Lipinski definition) is 1. The number of ether oxygens (including phenoxy) is 1. The van der Waals surface area contributed by atoms with Crippen LogP contribution in [0.3, 0.4) is 0 Å². The third kappa shape index (κ3) is 3.65. The van der Waals surface area contributed by atoms with Crippen LogP contribution in [-0.2, 0) is 6.42 Å². The summed E-state index contributed by atoms with van der Waals surface area (Å²) in [7, 11) is 0. The van der Waals surface area contributed by atoms with Gasteiger partial charge in [0.25, 0.3) is 0 Å². The zero-order chi connectivity index (χ0) is 16.4. The van der Waals surface area contributed by atoms with Gasteiger partial charge < -0.3 is 14.7 Å². The number of anilines is 1. The Balaban J connectivity index is 1.83. The van der Waals surface area contributed by atoms with E-state index in [1.807, 2.05) is 6.92 Å². The van der Waals surface area contributed by atoms with Crippen LogP contribution in [0.5, 0.6) is 11.5 Å². The SMILES string of the molecule is C=C(C)CN1CC(Cc2ccc(F)cc2)Oc2ccc(O)cc21. The first-order valence-electron chi connectivity index (χ1n) is 7.65. The second kappa shape index (κ2) is 6.32. The van der Waals surface area contributed by atoms with Crippen molar-refractivity contribution in [2.45, 2.75) is 19.4 Å². The Morgan fingerprint density at radius 1 is 1.30 bits per heavy atom. The zero-order valence-electron chi connectivity index (χ0n) is 13.1. The molecular weight excluding hydrogens is 293 g/mol. The Morgan fingerprint density at radius 3 is 2.74 bits per heavy atom. The first-order chi connectivity index (χ1) is 11.0. The summed E-state index contributed by atoms with van der Waals surface area (Å²) in [5.74, 6) is 0.738. The Bertz CT molecular complexity index is 712. The highest BCUT2D eigenvalue weighted by molar-refractivity contribution is 5.63. The van der Waals surface area contributed by atoms with E-state index in [0.29, 0.717) is 19.5 Å². The summed E-state index contributed by atoms with van der Waals surface area (Å²) in [4.78, 5) is 2.16. The number of phenolic OH excluding ortho intramolecular Hbond substituents is 1. The fourth-order valence-electron chi connectivity index (χ4n) is 2.88. The molecule has 0 fully saturated rings. The van der Waals surface area contributed by atoms with Gasteiger partial charge in [0.05, 0.1) is 12.2 Å². The van der Waals surface area contributed by atoms with Crippen molar-refractivity contribution in [1.82, 2.24) is 0 Å². The molecule has 0 amide bonds. The minimum Gasteiger partial charge on any atom is -0.508 e. The summed E-state index contributed by atoms with van der Waals surface area (Å²) in [5, 5.41) is 9.73. The number of rotatable bonds is 4. The molecule has 0 aromatic heterocycles. The average Bonchev–Trinajstić information content (AvgIpc) is 2.50. The Labute approximate surface area is 135 Å². The molecule has 120 valence electrons. The summed E-state index contributed by atoms with van der Waals surface area (Å²) in [6.45, 7) is 7.36. The first-order valence-corrected chi connectivity index (χ1v) is 7.65. The van der Waals surface area contributed by atoms with Crippen LogP contribution in [0.4, 0.5) is 10.1 Å². The average molecular weight is 313 g/mol. The number of aromatic hydroxyl groups is 1. The van der Waals surface area contributed by atoms with E-state index in [2.05, 4.69) is 11.5 Å². The molecular formula is C19H20FNO2. The molecule has 3 nitrogen and oxygen atoms in total. The molecule has 1 atom stereocenters. The topological polar surface area (TPSA) is 32.7 Å². The van der Waals surface area contributed by atoms with E-state index in [9.17, 15) is 9.50 Å². The molecule has 2 aromatic carbocycles. The van der Waals surface area contributed by atoms with Crippen molar-refractivity contribution in [1.29, 1.82) is 0 Å². The maximum absolute atomic E-state index is 13.0. The highest BCUT2D eigenvalue weighted by Gasteiger charge is 2.26. The van der Waals surface area contributed by atoms with Crippen LogP contribution >= 0.6 is 0 Å². The maximum atomic E-state index is 13.0. The quantitative estimate of drug-likeness (QED) is 0.869. The van der Waals surface area contributed by atoms with Crippen molar-refractivity contribution >= 4 is 5.69 Å². The summed E-state index contributed by atoms with van der Waals surface area (Å²) < 4.78 is 19.1. The minimum atomic E-state index is -0.233. The molecule has 0 radical (unpaired) electrons. The highest BCUT2D eigenvalue weighted by Crippen LogP contribution is 2.37. The van der Waals surface area contributed by atoms with E-state index in [1.165, 1.54) is 12.1 Å². The fourth-order valence-corrected chi connectivity index (χ4v) is 2.88. The molecule has 23 heavy (non-hydrogen) atoms. The Morgan fingerprint density at radius 2 is 2.04 bits per heavy atom. The van der Waals surface area contributed by atoms with E-state index in [0.717, 1.165) is 22.6 Å². The molecule has 1 heterocycles. The molecule has 2 aromatic rings. The molecule has 0 spiro atoms. The number of hydrogen-bond acceptors (Lipinski definition) is 3. The number of nitrogens with zero attached hydrogens (tertiary/aromatic N) is 1. The fraction of sp³-hybridized carbons (Fsp3) is 0.263. The summed E-state index contributed by atoms with van der Waals surface area (Å²) in [6, 6.07) is 11.6. The molecule has 0 aliphatic carbocycles. The van der Waals surface area contributed by atoms with Crippen LogP contribution in [0.2, 0.25) is 0 Å². The van der Waals surface area contributed by atoms with Crippen LogP contribution in [0.1, 0.15) is 12.5 Å². The van der Waals surface area contributed by atoms with E-state index in [-0.39, 0.29) is 17.7 Å². The third-order valence-corrected chi connectivity index (χ3v) is 3.84. The molecule has 4 heteroatoms. The summed E-state index contributed by atoms with van der Waals surface area (Å²) in [5.41, 5.74) is 2.96. The lowest BCUT2D eigenvalue weighted by Gasteiger charge is -2.36. The lowest BCUT2D eigenvalue weighted by atomic mass is 10.0. The molecule has 1 unspecified atom stereocenters. The molecule has 1 aliphatic heterocycles. The molecule has 0 saturated heterocycles. The van der Waals surface area contributed by atoms with Gasteiger partial charge in [0.2, 0.25) is 0 Å². The number of fused-ring (bicyclic) bond motifs is 1. The van der Waals surface area contributed by atoms with E-state index in [1.54, 1.807) is 30.3 Å². The number of phenols is 1. The van der Waals surface area contributed by atoms with Crippen LogP contribution in [0, 0.1) is 5.82 Å². The van der Waals surface area contributed by atoms with E-state index in [4.69, 9.17) is 4.74 Å². The van der Waals surface area contributed by atoms with Crippen LogP contribution in [0.25, 0.3) is 0 Å². The number of halogens is 1. The maximum Gasteiger partial charge on any atom is 0.143 e. The van der Waals surface area contributed by atoms with Gasteiger partial charge >= 0.3 is 0 Å². The molecule has 3 rings (SSSR count). The normalized spacial score (nSPS) is 16.6. The van der Waals surface area contributed by atoms with E-state index < -0.39 is 0 Å². The van der Waals surface area contributed by atoms with Crippen molar-refractivity contribution in [3.05, 3.63) is 66.0 Å². The molecule has 1 aliphatic rings. The van der Waals surface area contributed by atoms with Crippen molar-refractivity contribution in [2.24, 2.45) is 0 Å². The van der Waals surface area contributed by atoms with Crippen LogP contribution in [-0.4, -0.2) is 24.3 Å². The van der Waals surface area contributed by atoms with Gasteiger partial charge in [-0.1, -0.05) is 24.3 Å². The first kappa shape index (κ1) is 15.4. The molecule has 0 bridgehead atoms. The third-order valence-electron chi connectivity index (χ3n) is 3.84. The van der Waals surface area contributed by atoms with Gasteiger partial charge in [-0.2, -0.15) is 0 Å². The second-order valence-electron chi connectivity index (χ2n) is 6.06. The van der Waals surface area contributed by atoms with Gasteiger partial charge in [0.1, 0.15) is 23.4 Å².